The van der Waals surface area contributed by atoms with Crippen LogP contribution in [0.4, 0.5) is 10.5 Å². The minimum absolute atomic E-state index is 0.199. The summed E-state index contributed by atoms with van der Waals surface area (Å²) in [7, 11) is 0. The Morgan fingerprint density at radius 1 is 1.21 bits per heavy atom. The first-order chi connectivity index (χ1) is 9.19. The maximum Gasteiger partial charge on any atom is 0.415 e. The van der Waals surface area contributed by atoms with Crippen molar-refractivity contribution in [3.8, 4) is 5.75 Å². The number of phenols is 1. The smallest absolute Gasteiger partial charge is 0.415 e. The Kier molecular flexibility index (Phi) is 3.06. The second-order valence-electron chi connectivity index (χ2n) is 5.26. The summed E-state index contributed by atoms with van der Waals surface area (Å²) in [5.41, 5.74) is 0.426. The predicted octanol–water partition coefficient (Wildman–Crippen LogP) is 1.86. The summed E-state index contributed by atoms with van der Waals surface area (Å²) in [6, 6.07) is 6.65. The van der Waals surface area contributed by atoms with Gasteiger partial charge in [0, 0.05) is 12.1 Å². The number of carbonyl (C=O) groups is 1. The van der Waals surface area contributed by atoms with Crippen LogP contribution in [0.2, 0.25) is 0 Å². The molecular weight excluding hydrogens is 244 g/mol. The molecule has 1 spiro atoms. The van der Waals surface area contributed by atoms with Gasteiger partial charge in [0.1, 0.15) is 11.4 Å². The average Bonchev–Trinajstić information content (AvgIpc) is 2.58. The molecule has 2 saturated heterocycles. The summed E-state index contributed by atoms with van der Waals surface area (Å²) in [6.07, 6.45) is 2.50. The molecule has 1 atom stereocenters. The lowest BCUT2D eigenvalue weighted by atomic mass is 9.95. The van der Waals surface area contributed by atoms with Crippen molar-refractivity contribution in [2.45, 2.75) is 24.9 Å². The highest BCUT2D eigenvalue weighted by atomic mass is 16.6. The van der Waals surface area contributed by atoms with Crippen LogP contribution in [0.25, 0.3) is 0 Å². The van der Waals surface area contributed by atoms with Gasteiger partial charge in [0.25, 0.3) is 0 Å². The van der Waals surface area contributed by atoms with Crippen LogP contribution in [0.1, 0.15) is 19.3 Å². The van der Waals surface area contributed by atoms with Crippen molar-refractivity contribution in [2.75, 3.05) is 24.5 Å². The number of ether oxygens (including phenoxy) is 1. The van der Waals surface area contributed by atoms with E-state index >= 15 is 0 Å². The second-order valence-corrected chi connectivity index (χ2v) is 5.26. The number of benzene rings is 1. The van der Waals surface area contributed by atoms with Gasteiger partial charge in [-0.15, -0.1) is 0 Å². The van der Waals surface area contributed by atoms with E-state index in [-0.39, 0.29) is 17.4 Å². The van der Waals surface area contributed by atoms with Crippen LogP contribution in [-0.4, -0.2) is 36.4 Å². The van der Waals surface area contributed by atoms with Gasteiger partial charge in [-0.2, -0.15) is 0 Å². The Hall–Kier alpha value is -1.75. The van der Waals surface area contributed by atoms with Crippen molar-refractivity contribution in [2.24, 2.45) is 0 Å². The molecule has 0 aromatic heterocycles. The molecule has 0 aliphatic carbocycles. The Labute approximate surface area is 112 Å². The van der Waals surface area contributed by atoms with Gasteiger partial charge in [-0.25, -0.2) is 4.79 Å². The third-order valence-corrected chi connectivity index (χ3v) is 3.88. The number of nitrogens with zero attached hydrogens (tertiary/aromatic N) is 1. The third kappa shape index (κ3) is 2.38. The van der Waals surface area contributed by atoms with Crippen molar-refractivity contribution in [1.82, 2.24) is 5.32 Å². The second kappa shape index (κ2) is 4.74. The van der Waals surface area contributed by atoms with Crippen molar-refractivity contribution in [1.29, 1.82) is 0 Å². The normalized spacial score (nSPS) is 27.4. The highest BCUT2D eigenvalue weighted by Crippen LogP contribution is 2.34. The molecule has 19 heavy (non-hydrogen) atoms. The summed E-state index contributed by atoms with van der Waals surface area (Å²) < 4.78 is 5.65. The Morgan fingerprint density at radius 3 is 2.79 bits per heavy atom. The van der Waals surface area contributed by atoms with Crippen molar-refractivity contribution < 1.29 is 14.6 Å². The molecule has 1 amide bonds. The van der Waals surface area contributed by atoms with E-state index in [2.05, 4.69) is 5.32 Å². The van der Waals surface area contributed by atoms with E-state index < -0.39 is 0 Å². The molecule has 102 valence electrons. The number of phenolic OH excluding ortho intramolecular Hbond substituents is 1. The molecule has 5 heteroatoms. The van der Waals surface area contributed by atoms with E-state index in [4.69, 9.17) is 4.74 Å². The summed E-state index contributed by atoms with van der Waals surface area (Å²) in [6.45, 7) is 2.47. The van der Waals surface area contributed by atoms with E-state index in [1.807, 2.05) is 0 Å². The number of anilines is 1. The molecule has 2 aliphatic heterocycles. The number of hydrogen-bond donors (Lipinski definition) is 2. The van der Waals surface area contributed by atoms with Gasteiger partial charge in [0.05, 0.1) is 6.54 Å². The van der Waals surface area contributed by atoms with Crippen molar-refractivity contribution in [3.05, 3.63) is 24.3 Å². The lowest BCUT2D eigenvalue weighted by Gasteiger charge is -2.24. The molecule has 3 rings (SSSR count). The van der Waals surface area contributed by atoms with E-state index in [1.54, 1.807) is 29.2 Å². The molecule has 5 nitrogen and oxygen atoms in total. The van der Waals surface area contributed by atoms with Crippen molar-refractivity contribution >= 4 is 11.8 Å². The summed E-state index contributed by atoms with van der Waals surface area (Å²) in [5, 5.41) is 12.6. The number of rotatable bonds is 1. The standard InChI is InChI=1S/C14H18N2O3/c17-12-4-2-11(3-5-12)16-10-14(19-13(16)18)6-1-8-15-9-7-14/h2-5,15,17H,1,6-10H2. The fourth-order valence-corrected chi connectivity index (χ4v) is 2.82. The zero-order valence-corrected chi connectivity index (χ0v) is 10.8. The van der Waals surface area contributed by atoms with Crippen LogP contribution in [-0.2, 0) is 4.74 Å². The SMILES string of the molecule is O=C1OC2(CCCNCC2)CN1c1ccc(O)cc1. The summed E-state index contributed by atoms with van der Waals surface area (Å²) >= 11 is 0. The van der Waals surface area contributed by atoms with E-state index in [0.717, 1.165) is 38.0 Å². The molecule has 2 heterocycles. The first kappa shape index (κ1) is 12.3. The third-order valence-electron chi connectivity index (χ3n) is 3.88. The minimum atomic E-state index is -0.349. The number of aromatic hydroxyl groups is 1. The zero-order valence-electron chi connectivity index (χ0n) is 10.8. The fraction of sp³-hybridized carbons (Fsp3) is 0.500. The lowest BCUT2D eigenvalue weighted by molar-refractivity contribution is 0.0470. The lowest BCUT2D eigenvalue weighted by Crippen LogP contribution is -2.35. The summed E-state index contributed by atoms with van der Waals surface area (Å²) in [5.74, 6) is 0.199. The number of nitrogens with one attached hydrogen (secondary N) is 1. The Morgan fingerprint density at radius 2 is 2.00 bits per heavy atom. The van der Waals surface area contributed by atoms with E-state index in [0.29, 0.717) is 6.54 Å². The van der Waals surface area contributed by atoms with Gasteiger partial charge in [-0.05, 0) is 50.2 Å². The monoisotopic (exact) mass is 262 g/mol. The van der Waals surface area contributed by atoms with Gasteiger partial charge >= 0.3 is 6.09 Å². The molecule has 1 aromatic rings. The first-order valence-corrected chi connectivity index (χ1v) is 6.69. The van der Waals surface area contributed by atoms with Gasteiger partial charge in [0.2, 0.25) is 0 Å². The van der Waals surface area contributed by atoms with Gasteiger partial charge in [-0.1, -0.05) is 0 Å². The number of hydrogen-bond acceptors (Lipinski definition) is 4. The molecular formula is C14H18N2O3. The van der Waals surface area contributed by atoms with Crippen molar-refractivity contribution in [3.63, 3.8) is 0 Å². The zero-order chi connectivity index (χ0) is 13.3. The van der Waals surface area contributed by atoms with Crippen LogP contribution in [0, 0.1) is 0 Å². The highest BCUT2D eigenvalue weighted by Gasteiger charge is 2.45. The van der Waals surface area contributed by atoms with Crippen LogP contribution in [0.5, 0.6) is 5.75 Å². The molecule has 0 bridgehead atoms. The molecule has 1 unspecified atom stereocenters. The number of carbonyl (C=O) groups excluding carboxylic acids is 1. The van der Waals surface area contributed by atoms with E-state index in [1.165, 1.54) is 0 Å². The first-order valence-electron chi connectivity index (χ1n) is 6.69. The van der Waals surface area contributed by atoms with E-state index in [9.17, 15) is 9.90 Å². The molecule has 1 aromatic carbocycles. The molecule has 2 aliphatic rings. The quantitative estimate of drug-likeness (QED) is 0.811. The average molecular weight is 262 g/mol. The van der Waals surface area contributed by atoms with Gasteiger partial charge in [-0.3, -0.25) is 4.90 Å². The maximum absolute atomic E-state index is 12.1. The van der Waals surface area contributed by atoms with Gasteiger partial charge in [0.15, 0.2) is 0 Å². The predicted molar refractivity (Wildman–Crippen MR) is 71.4 cm³/mol. The molecule has 0 saturated carbocycles. The highest BCUT2D eigenvalue weighted by molar-refractivity contribution is 5.90. The largest absolute Gasteiger partial charge is 0.508 e. The van der Waals surface area contributed by atoms with Gasteiger partial charge < -0.3 is 15.2 Å². The molecule has 2 fully saturated rings. The fourth-order valence-electron chi connectivity index (χ4n) is 2.82. The van der Waals surface area contributed by atoms with Crippen LogP contribution in [0.15, 0.2) is 24.3 Å². The summed E-state index contributed by atoms with van der Waals surface area (Å²) in [4.78, 5) is 13.7. The minimum Gasteiger partial charge on any atom is -0.508 e. The Bertz CT molecular complexity index is 464. The molecule has 0 radical (unpaired) electrons. The van der Waals surface area contributed by atoms with Crippen LogP contribution in [0.3, 0.4) is 0 Å². The molecule has 2 N–H and O–H groups in total. The Balaban J connectivity index is 1.81. The topological polar surface area (TPSA) is 61.8 Å². The maximum atomic E-state index is 12.1. The van der Waals surface area contributed by atoms with Crippen LogP contribution >= 0.6 is 0 Å². The van der Waals surface area contributed by atoms with Crippen LogP contribution < -0.4 is 10.2 Å². The number of amides is 1.